The van der Waals surface area contributed by atoms with E-state index in [4.69, 9.17) is 0 Å². The second kappa shape index (κ2) is 5.97. The number of hydrogen-bond acceptors (Lipinski definition) is 2. The van der Waals surface area contributed by atoms with E-state index in [1.54, 1.807) is 0 Å². The van der Waals surface area contributed by atoms with Crippen LogP contribution in [0.2, 0.25) is 0 Å². The number of rotatable bonds is 6. The van der Waals surface area contributed by atoms with Crippen LogP contribution < -0.4 is 10.6 Å². The highest BCUT2D eigenvalue weighted by Gasteiger charge is 2.21. The topological polar surface area (TPSA) is 58.2 Å². The fourth-order valence-electron chi connectivity index (χ4n) is 1.41. The Labute approximate surface area is 87.4 Å². The van der Waals surface area contributed by atoms with Gasteiger partial charge in [0.25, 0.3) is 0 Å². The minimum atomic E-state index is -0.233. The second-order valence-electron chi connectivity index (χ2n) is 4.11. The Hall–Kier alpha value is -0.630. The number of nitrogens with one attached hydrogen (secondary N) is 2. The van der Waals surface area contributed by atoms with E-state index in [1.165, 1.54) is 0 Å². The highest BCUT2D eigenvalue weighted by Crippen LogP contribution is 2.16. The Kier molecular flexibility index (Phi) is 5.70. The second-order valence-corrected chi connectivity index (χ2v) is 5.25. The summed E-state index contributed by atoms with van der Waals surface area (Å²) in [5.74, 6) is -0.159. The third kappa shape index (κ3) is 6.84. The van der Waals surface area contributed by atoms with Crippen LogP contribution in [0.1, 0.15) is 27.2 Å². The molecule has 14 heavy (non-hydrogen) atoms. The summed E-state index contributed by atoms with van der Waals surface area (Å²) in [5.41, 5.74) is 0.215. The number of carbonyl (C=O) groups is 2. The van der Waals surface area contributed by atoms with Crippen LogP contribution in [0.4, 0.5) is 0 Å². The summed E-state index contributed by atoms with van der Waals surface area (Å²) >= 11 is 0. The molecule has 82 valence electrons. The first-order chi connectivity index (χ1) is 6.37. The lowest BCUT2D eigenvalue weighted by molar-refractivity contribution is -0.123. The smallest absolute Gasteiger partial charge is 0.239 e. The molecule has 0 radical (unpaired) electrons. The van der Waals surface area contributed by atoms with E-state index in [2.05, 4.69) is 26.8 Å². The van der Waals surface area contributed by atoms with Crippen LogP contribution in [0, 0.1) is 0 Å². The van der Waals surface area contributed by atoms with E-state index < -0.39 is 0 Å². The van der Waals surface area contributed by atoms with Gasteiger partial charge < -0.3 is 10.6 Å². The molecule has 2 N–H and O–H groups in total. The van der Waals surface area contributed by atoms with Gasteiger partial charge in [-0.25, -0.2) is 0 Å². The maximum Gasteiger partial charge on any atom is 0.239 e. The molecule has 0 rings (SSSR count). The van der Waals surface area contributed by atoms with Crippen molar-refractivity contribution in [2.45, 2.75) is 38.4 Å². The average Bonchev–Trinajstić information content (AvgIpc) is 1.96. The average molecular weight is 218 g/mol. The first kappa shape index (κ1) is 13.4. The van der Waals surface area contributed by atoms with Gasteiger partial charge in [-0.1, -0.05) is 6.92 Å². The van der Waals surface area contributed by atoms with Crippen molar-refractivity contribution in [3.05, 3.63) is 0 Å². The van der Waals surface area contributed by atoms with Gasteiger partial charge in [0.15, 0.2) is 0 Å². The fourth-order valence-corrected chi connectivity index (χ4v) is 2.00. The normalized spacial score (nSPS) is 13.1. The Morgan fingerprint density at radius 2 is 2.14 bits per heavy atom. The zero-order chi connectivity index (χ0) is 11.2. The van der Waals surface area contributed by atoms with Crippen LogP contribution in [-0.4, -0.2) is 30.1 Å². The molecule has 0 saturated carbocycles. The molecule has 0 aliphatic rings. The third-order valence-corrected chi connectivity index (χ3v) is 1.89. The van der Waals surface area contributed by atoms with Crippen LogP contribution >= 0.6 is 9.24 Å². The summed E-state index contributed by atoms with van der Waals surface area (Å²) in [4.78, 5) is 21.2. The van der Waals surface area contributed by atoms with Crippen molar-refractivity contribution in [1.29, 1.82) is 0 Å². The summed E-state index contributed by atoms with van der Waals surface area (Å²) < 4.78 is 0. The molecule has 0 fully saturated rings. The van der Waals surface area contributed by atoms with Crippen molar-refractivity contribution >= 4 is 21.6 Å². The van der Waals surface area contributed by atoms with Gasteiger partial charge in [0.2, 0.25) is 12.3 Å². The van der Waals surface area contributed by atoms with Crippen molar-refractivity contribution in [3.63, 3.8) is 0 Å². The Bertz CT molecular complexity index is 205. The summed E-state index contributed by atoms with van der Waals surface area (Å²) in [6, 6.07) is 0. The molecule has 0 aromatic heterocycles. The standard InChI is InChI=1S/C9H19N2O2P/c1-7(14)4-9(2,3)11-8(13)5-10-6-12/h6-7H,4-5,14H2,1-3H3,(H,10,12)(H,11,13). The summed E-state index contributed by atoms with van der Waals surface area (Å²) in [5, 5.41) is 5.17. The molecule has 0 aliphatic heterocycles. The molecule has 0 aliphatic carbocycles. The molecule has 2 unspecified atom stereocenters. The van der Waals surface area contributed by atoms with E-state index in [0.29, 0.717) is 12.1 Å². The van der Waals surface area contributed by atoms with Crippen LogP contribution in [0.25, 0.3) is 0 Å². The summed E-state index contributed by atoms with van der Waals surface area (Å²) in [6.07, 6.45) is 1.40. The molecular formula is C9H19N2O2P. The highest BCUT2D eigenvalue weighted by atomic mass is 31.0. The molecule has 0 spiro atoms. The number of hydrogen-bond donors (Lipinski definition) is 2. The molecule has 2 atom stereocenters. The molecule has 2 amide bonds. The van der Waals surface area contributed by atoms with Crippen LogP contribution in [0.3, 0.4) is 0 Å². The van der Waals surface area contributed by atoms with Crippen molar-refractivity contribution < 1.29 is 9.59 Å². The van der Waals surface area contributed by atoms with Gasteiger partial charge in [-0.05, 0) is 25.9 Å². The van der Waals surface area contributed by atoms with Gasteiger partial charge in [-0.2, -0.15) is 0 Å². The predicted molar refractivity (Wildman–Crippen MR) is 60.1 cm³/mol. The van der Waals surface area contributed by atoms with Gasteiger partial charge in [-0.15, -0.1) is 9.24 Å². The maximum absolute atomic E-state index is 11.3. The molecule has 0 aromatic carbocycles. The zero-order valence-electron chi connectivity index (χ0n) is 8.96. The van der Waals surface area contributed by atoms with Crippen molar-refractivity contribution in [2.24, 2.45) is 0 Å². The van der Waals surface area contributed by atoms with Gasteiger partial charge in [-0.3, -0.25) is 9.59 Å². The Morgan fingerprint density at radius 3 is 2.57 bits per heavy atom. The molecular weight excluding hydrogens is 199 g/mol. The molecule has 0 bridgehead atoms. The molecule has 4 nitrogen and oxygen atoms in total. The molecule has 5 heteroatoms. The summed E-state index contributed by atoms with van der Waals surface area (Å²) in [6.45, 7) is 6.04. The molecule has 0 saturated heterocycles. The zero-order valence-corrected chi connectivity index (χ0v) is 10.1. The largest absolute Gasteiger partial charge is 0.350 e. The van der Waals surface area contributed by atoms with E-state index in [-0.39, 0.29) is 18.0 Å². The number of amides is 2. The number of carbonyl (C=O) groups excluding carboxylic acids is 2. The lowest BCUT2D eigenvalue weighted by Gasteiger charge is -2.28. The first-order valence-electron chi connectivity index (χ1n) is 4.61. The predicted octanol–water partition coefficient (Wildman–Crippen LogP) is 0.281. The van der Waals surface area contributed by atoms with Gasteiger partial charge in [0, 0.05) is 5.54 Å². The Morgan fingerprint density at radius 1 is 1.57 bits per heavy atom. The monoisotopic (exact) mass is 218 g/mol. The lowest BCUT2D eigenvalue weighted by Crippen LogP contribution is -2.47. The van der Waals surface area contributed by atoms with Gasteiger partial charge in [0.1, 0.15) is 0 Å². The van der Waals surface area contributed by atoms with Crippen molar-refractivity contribution in [3.8, 4) is 0 Å². The summed E-state index contributed by atoms with van der Waals surface area (Å²) in [7, 11) is 2.70. The van der Waals surface area contributed by atoms with Gasteiger partial charge >= 0.3 is 0 Å². The van der Waals surface area contributed by atoms with Crippen LogP contribution in [0.15, 0.2) is 0 Å². The van der Waals surface area contributed by atoms with E-state index in [0.717, 1.165) is 6.42 Å². The van der Waals surface area contributed by atoms with E-state index in [9.17, 15) is 9.59 Å². The first-order valence-corrected chi connectivity index (χ1v) is 5.27. The van der Waals surface area contributed by atoms with Crippen LogP contribution in [0.5, 0.6) is 0 Å². The maximum atomic E-state index is 11.3. The van der Waals surface area contributed by atoms with E-state index in [1.807, 2.05) is 13.8 Å². The quantitative estimate of drug-likeness (QED) is 0.497. The van der Waals surface area contributed by atoms with Crippen LogP contribution in [-0.2, 0) is 9.59 Å². The van der Waals surface area contributed by atoms with Gasteiger partial charge in [0.05, 0.1) is 6.54 Å². The lowest BCUT2D eigenvalue weighted by atomic mass is 9.98. The minimum Gasteiger partial charge on any atom is -0.350 e. The fraction of sp³-hybridized carbons (Fsp3) is 0.778. The minimum absolute atomic E-state index is 0.0398. The van der Waals surface area contributed by atoms with Crippen molar-refractivity contribution in [1.82, 2.24) is 10.6 Å². The third-order valence-electron chi connectivity index (χ3n) is 1.66. The SMILES string of the molecule is CC(P)CC(C)(C)NC(=O)CNC=O. The molecule has 0 aromatic rings. The Balaban J connectivity index is 3.94. The van der Waals surface area contributed by atoms with Crippen molar-refractivity contribution in [2.75, 3.05) is 6.54 Å². The molecule has 0 heterocycles. The highest BCUT2D eigenvalue weighted by molar-refractivity contribution is 7.17. The van der Waals surface area contributed by atoms with E-state index >= 15 is 0 Å².